The monoisotopic (exact) mass is 347 g/mol. The van der Waals surface area contributed by atoms with E-state index in [1.165, 1.54) is 0 Å². The topological polar surface area (TPSA) is 42.2 Å². The van der Waals surface area contributed by atoms with Crippen LogP contribution in [0.4, 0.5) is 14.5 Å². The number of carbonyl (C=O) groups is 1. The van der Waals surface area contributed by atoms with Gasteiger partial charge in [-0.3, -0.25) is 4.79 Å². The number of alkyl halides is 2. The number of benzene rings is 2. The highest BCUT2D eigenvalue weighted by Gasteiger charge is 2.11. The van der Waals surface area contributed by atoms with Crippen molar-refractivity contribution in [2.45, 2.75) is 24.0 Å². The molecule has 0 fully saturated rings. The number of fused-ring (bicyclic) bond motifs is 1. The number of anilines is 1. The Labute approximate surface area is 142 Å². The van der Waals surface area contributed by atoms with Crippen LogP contribution in [0.2, 0.25) is 0 Å². The van der Waals surface area contributed by atoms with Crippen LogP contribution in [0.3, 0.4) is 0 Å². The van der Waals surface area contributed by atoms with E-state index < -0.39 is 5.76 Å². The van der Waals surface area contributed by atoms with Crippen molar-refractivity contribution in [1.82, 2.24) is 0 Å². The summed E-state index contributed by atoms with van der Waals surface area (Å²) in [5.41, 5.74) is 3.23. The van der Waals surface area contributed by atoms with Crippen molar-refractivity contribution in [3.63, 3.8) is 0 Å². The summed E-state index contributed by atoms with van der Waals surface area (Å²) in [6.45, 7) is 1.98. The third-order valence-electron chi connectivity index (χ3n) is 3.53. The molecule has 1 N–H and O–H groups in total. The van der Waals surface area contributed by atoms with Gasteiger partial charge in [0.25, 0.3) is 5.76 Å². The first-order valence-corrected chi connectivity index (χ1v) is 8.21. The SMILES string of the molecule is Cc1ccc2c(CC(=O)Nc3ccc(SC(F)F)cc3)coc2c1. The Hall–Kier alpha value is -2.34. The Morgan fingerprint density at radius 2 is 1.96 bits per heavy atom. The first-order valence-electron chi connectivity index (χ1n) is 7.33. The zero-order valence-corrected chi connectivity index (χ0v) is 13.7. The number of hydrogen-bond donors (Lipinski definition) is 1. The molecule has 0 aliphatic rings. The molecule has 0 spiro atoms. The van der Waals surface area contributed by atoms with Gasteiger partial charge in [0.05, 0.1) is 12.7 Å². The molecule has 3 rings (SSSR count). The number of aryl methyl sites for hydroxylation is 1. The lowest BCUT2D eigenvalue weighted by molar-refractivity contribution is -0.115. The van der Waals surface area contributed by atoms with Gasteiger partial charge < -0.3 is 9.73 Å². The largest absolute Gasteiger partial charge is 0.464 e. The molecule has 2 aromatic carbocycles. The molecule has 0 saturated carbocycles. The van der Waals surface area contributed by atoms with Gasteiger partial charge in [0.1, 0.15) is 5.58 Å². The molecule has 3 aromatic rings. The predicted molar refractivity (Wildman–Crippen MR) is 91.6 cm³/mol. The van der Waals surface area contributed by atoms with E-state index in [4.69, 9.17) is 4.42 Å². The second kappa shape index (κ2) is 7.05. The van der Waals surface area contributed by atoms with Crippen LogP contribution in [0.15, 0.2) is 58.0 Å². The molecule has 0 radical (unpaired) electrons. The highest BCUT2D eigenvalue weighted by Crippen LogP contribution is 2.26. The standard InChI is InChI=1S/C18H15F2NO2S/c1-11-2-7-15-12(10-23-16(15)8-11)9-17(22)21-13-3-5-14(6-4-13)24-18(19)20/h2-8,10,18H,9H2,1H3,(H,21,22). The van der Waals surface area contributed by atoms with Crippen molar-refractivity contribution in [1.29, 1.82) is 0 Å². The molecule has 124 valence electrons. The first kappa shape index (κ1) is 16.5. The quantitative estimate of drug-likeness (QED) is 0.642. The summed E-state index contributed by atoms with van der Waals surface area (Å²) in [6.07, 6.45) is 1.77. The van der Waals surface area contributed by atoms with Gasteiger partial charge in [-0.1, -0.05) is 23.9 Å². The molecule has 1 aromatic heterocycles. The van der Waals surface area contributed by atoms with E-state index in [0.717, 1.165) is 22.1 Å². The fourth-order valence-corrected chi connectivity index (χ4v) is 2.92. The lowest BCUT2D eigenvalue weighted by Crippen LogP contribution is -2.14. The van der Waals surface area contributed by atoms with Gasteiger partial charge in [0, 0.05) is 21.5 Å². The fraction of sp³-hybridized carbons (Fsp3) is 0.167. The van der Waals surface area contributed by atoms with Crippen molar-refractivity contribution >= 4 is 34.3 Å². The van der Waals surface area contributed by atoms with E-state index in [1.807, 2.05) is 25.1 Å². The highest BCUT2D eigenvalue weighted by molar-refractivity contribution is 7.99. The molecule has 0 aliphatic carbocycles. The summed E-state index contributed by atoms with van der Waals surface area (Å²) in [6, 6.07) is 12.2. The van der Waals surface area contributed by atoms with Gasteiger partial charge in [0.15, 0.2) is 0 Å². The molecule has 1 heterocycles. The molecule has 0 unspecified atom stereocenters. The van der Waals surface area contributed by atoms with Crippen LogP contribution in [0, 0.1) is 6.92 Å². The highest BCUT2D eigenvalue weighted by atomic mass is 32.2. The second-order valence-electron chi connectivity index (χ2n) is 5.39. The van der Waals surface area contributed by atoms with Gasteiger partial charge in [-0.05, 0) is 42.8 Å². The van der Waals surface area contributed by atoms with E-state index in [9.17, 15) is 13.6 Å². The van der Waals surface area contributed by atoms with E-state index in [1.54, 1.807) is 30.5 Å². The number of amides is 1. The predicted octanol–water partition coefficient (Wildman–Crippen LogP) is 5.24. The van der Waals surface area contributed by atoms with Crippen LogP contribution >= 0.6 is 11.8 Å². The van der Waals surface area contributed by atoms with Gasteiger partial charge >= 0.3 is 0 Å². The Morgan fingerprint density at radius 1 is 1.21 bits per heavy atom. The summed E-state index contributed by atoms with van der Waals surface area (Å²) < 4.78 is 30.0. The molecule has 0 saturated heterocycles. The van der Waals surface area contributed by atoms with Crippen LogP contribution in [0.1, 0.15) is 11.1 Å². The zero-order valence-electron chi connectivity index (χ0n) is 12.9. The Morgan fingerprint density at radius 3 is 2.67 bits per heavy atom. The minimum atomic E-state index is -2.46. The maximum atomic E-state index is 12.3. The molecular formula is C18H15F2NO2S. The van der Waals surface area contributed by atoms with E-state index >= 15 is 0 Å². The second-order valence-corrected chi connectivity index (χ2v) is 6.45. The molecular weight excluding hydrogens is 332 g/mol. The summed E-state index contributed by atoms with van der Waals surface area (Å²) in [5.74, 6) is -2.64. The zero-order chi connectivity index (χ0) is 17.1. The average Bonchev–Trinajstić information content (AvgIpc) is 2.90. The number of furan rings is 1. The molecule has 0 atom stereocenters. The molecule has 24 heavy (non-hydrogen) atoms. The van der Waals surface area contributed by atoms with Crippen molar-refractivity contribution < 1.29 is 18.0 Å². The van der Waals surface area contributed by atoms with E-state index in [2.05, 4.69) is 5.32 Å². The number of rotatable bonds is 5. The lowest BCUT2D eigenvalue weighted by Gasteiger charge is -2.06. The van der Waals surface area contributed by atoms with Crippen molar-refractivity contribution in [2.75, 3.05) is 5.32 Å². The van der Waals surface area contributed by atoms with Crippen molar-refractivity contribution in [2.24, 2.45) is 0 Å². The van der Waals surface area contributed by atoms with Crippen molar-refractivity contribution in [3.05, 3.63) is 59.9 Å². The van der Waals surface area contributed by atoms with Gasteiger partial charge in [-0.25, -0.2) is 0 Å². The molecule has 1 amide bonds. The summed E-state index contributed by atoms with van der Waals surface area (Å²) >= 11 is 0.474. The normalized spacial score (nSPS) is 11.2. The fourth-order valence-electron chi connectivity index (χ4n) is 2.43. The van der Waals surface area contributed by atoms with Gasteiger partial charge in [0.2, 0.25) is 5.91 Å². The Balaban J connectivity index is 1.66. The third kappa shape index (κ3) is 3.94. The van der Waals surface area contributed by atoms with Gasteiger partial charge in [-0.2, -0.15) is 8.78 Å². The maximum absolute atomic E-state index is 12.3. The molecule has 0 aliphatic heterocycles. The Bertz CT molecular complexity index is 859. The molecule has 3 nitrogen and oxygen atoms in total. The van der Waals surface area contributed by atoms with E-state index in [0.29, 0.717) is 22.3 Å². The number of nitrogens with one attached hydrogen (secondary N) is 1. The van der Waals surface area contributed by atoms with E-state index in [-0.39, 0.29) is 12.3 Å². The first-order chi connectivity index (χ1) is 11.5. The smallest absolute Gasteiger partial charge is 0.288 e. The van der Waals surface area contributed by atoms with Crippen LogP contribution in [-0.2, 0) is 11.2 Å². The molecule has 0 bridgehead atoms. The number of thioether (sulfide) groups is 1. The lowest BCUT2D eigenvalue weighted by atomic mass is 10.1. The number of carbonyl (C=O) groups excluding carboxylic acids is 1. The summed E-state index contributed by atoms with van der Waals surface area (Å²) in [5, 5.41) is 3.68. The molecule has 6 heteroatoms. The summed E-state index contributed by atoms with van der Waals surface area (Å²) in [7, 11) is 0. The van der Waals surface area contributed by atoms with Crippen molar-refractivity contribution in [3.8, 4) is 0 Å². The van der Waals surface area contributed by atoms with Crippen LogP contribution in [-0.4, -0.2) is 11.7 Å². The van der Waals surface area contributed by atoms with Crippen LogP contribution in [0.25, 0.3) is 11.0 Å². The average molecular weight is 347 g/mol. The minimum absolute atomic E-state index is 0.184. The number of halogens is 2. The minimum Gasteiger partial charge on any atom is -0.464 e. The summed E-state index contributed by atoms with van der Waals surface area (Å²) in [4.78, 5) is 12.6. The maximum Gasteiger partial charge on any atom is 0.288 e. The Kier molecular flexibility index (Phi) is 4.85. The third-order valence-corrected chi connectivity index (χ3v) is 4.25. The van der Waals surface area contributed by atoms with Crippen LogP contribution in [0.5, 0.6) is 0 Å². The van der Waals surface area contributed by atoms with Crippen LogP contribution < -0.4 is 5.32 Å². The van der Waals surface area contributed by atoms with Gasteiger partial charge in [-0.15, -0.1) is 0 Å². The number of hydrogen-bond acceptors (Lipinski definition) is 3.